The summed E-state index contributed by atoms with van der Waals surface area (Å²) in [5, 5.41) is 3.41. The number of pyridine rings is 2. The molecule has 2 aromatic heterocycles. The van der Waals surface area contributed by atoms with Crippen LogP contribution in [0.5, 0.6) is 0 Å². The van der Waals surface area contributed by atoms with Gasteiger partial charge >= 0.3 is 0 Å². The van der Waals surface area contributed by atoms with E-state index < -0.39 is 0 Å². The summed E-state index contributed by atoms with van der Waals surface area (Å²) in [7, 11) is 2.15. The van der Waals surface area contributed by atoms with Crippen molar-refractivity contribution in [2.45, 2.75) is 26.2 Å². The second kappa shape index (κ2) is 8.57. The van der Waals surface area contributed by atoms with Crippen LogP contribution in [-0.2, 0) is 6.42 Å². The topological polar surface area (TPSA) is 56.7 Å². The van der Waals surface area contributed by atoms with Gasteiger partial charge in [0.1, 0.15) is 17.5 Å². The number of rotatable bonds is 0. The molecule has 0 aliphatic carbocycles. The number of benzene rings is 1. The molecule has 6 nitrogen and oxygen atoms in total. The number of fused-ring (bicyclic) bond motifs is 1. The summed E-state index contributed by atoms with van der Waals surface area (Å²) in [5.41, 5.74) is 6.83. The van der Waals surface area contributed by atoms with Gasteiger partial charge in [0.05, 0.1) is 22.6 Å². The van der Waals surface area contributed by atoms with Crippen LogP contribution in [0.3, 0.4) is 0 Å². The maximum Gasteiger partial charge on any atom is 0.141 e. The first-order chi connectivity index (χ1) is 17.0. The highest BCUT2D eigenvalue weighted by Crippen LogP contribution is 2.39. The van der Waals surface area contributed by atoms with E-state index in [2.05, 4.69) is 41.2 Å². The highest BCUT2D eigenvalue weighted by molar-refractivity contribution is 6.05. The van der Waals surface area contributed by atoms with Crippen molar-refractivity contribution in [3.05, 3.63) is 82.6 Å². The van der Waals surface area contributed by atoms with E-state index in [0.29, 0.717) is 23.5 Å². The number of aromatic nitrogens is 2. The lowest BCUT2D eigenvalue weighted by Crippen LogP contribution is -2.47. The number of hydrogen-bond donors (Lipinski definition) is 1. The van der Waals surface area contributed by atoms with Crippen molar-refractivity contribution < 1.29 is 4.39 Å². The van der Waals surface area contributed by atoms with Crippen LogP contribution in [0.15, 0.2) is 53.8 Å². The molecule has 7 heteroatoms. The Balaban J connectivity index is 1.71. The number of allylic oxidation sites excluding steroid dienone is 1. The van der Waals surface area contributed by atoms with E-state index in [-0.39, 0.29) is 11.7 Å². The van der Waals surface area contributed by atoms with Crippen LogP contribution in [0.4, 0.5) is 15.9 Å². The number of anilines is 1. The SMILES string of the molecule is Cc1cc2c3nc1-c1c(F)cccc1Cc1ccnc(c1/N=C\2N1CCN(C)CC1)C(C)/C=C\N3. The van der Waals surface area contributed by atoms with Crippen molar-refractivity contribution >= 4 is 17.3 Å². The number of halogens is 1. The molecular weight excluding hydrogens is 439 g/mol. The third-order valence-electron chi connectivity index (χ3n) is 7.26. The lowest BCUT2D eigenvalue weighted by atomic mass is 9.93. The van der Waals surface area contributed by atoms with Crippen molar-refractivity contribution in [3.8, 4) is 11.3 Å². The average molecular weight is 469 g/mol. The van der Waals surface area contributed by atoms with Crippen molar-refractivity contribution in [2.24, 2.45) is 4.99 Å². The summed E-state index contributed by atoms with van der Waals surface area (Å²) in [6.07, 6.45) is 6.42. The fourth-order valence-electron chi connectivity index (χ4n) is 5.24. The molecule has 35 heavy (non-hydrogen) atoms. The van der Waals surface area contributed by atoms with Gasteiger partial charge in [-0.1, -0.05) is 25.1 Å². The second-order valence-electron chi connectivity index (χ2n) is 9.72. The molecule has 6 heterocycles. The van der Waals surface area contributed by atoms with Crippen LogP contribution in [0.25, 0.3) is 11.3 Å². The Bertz CT molecular complexity index is 1370. The van der Waals surface area contributed by atoms with E-state index in [1.54, 1.807) is 6.07 Å². The van der Waals surface area contributed by atoms with Crippen molar-refractivity contribution in [1.29, 1.82) is 0 Å². The molecule has 1 atom stereocenters. The molecule has 0 amide bonds. The number of nitrogens with zero attached hydrogens (tertiary/aromatic N) is 5. The first kappa shape index (κ1) is 21.9. The normalized spacial score (nSPS) is 21.7. The lowest BCUT2D eigenvalue weighted by molar-refractivity contribution is 0.216. The van der Waals surface area contributed by atoms with Crippen molar-refractivity contribution in [2.75, 3.05) is 38.5 Å². The maximum atomic E-state index is 15.4. The zero-order valence-electron chi connectivity index (χ0n) is 20.3. The van der Waals surface area contributed by atoms with Gasteiger partial charge in [-0.05, 0) is 55.1 Å². The van der Waals surface area contributed by atoms with Crippen LogP contribution < -0.4 is 5.32 Å². The highest BCUT2D eigenvalue weighted by atomic mass is 19.1. The molecule has 4 aliphatic heterocycles. The number of hydrogen-bond acceptors (Lipinski definition) is 6. The Morgan fingerprint density at radius 1 is 1.09 bits per heavy atom. The number of nitrogens with one attached hydrogen (secondary N) is 1. The monoisotopic (exact) mass is 468 g/mol. The third kappa shape index (κ3) is 3.80. The van der Waals surface area contributed by atoms with Crippen LogP contribution in [0.1, 0.15) is 40.8 Å². The van der Waals surface area contributed by atoms with Gasteiger partial charge in [0, 0.05) is 50.3 Å². The van der Waals surface area contributed by atoms with Gasteiger partial charge in [-0.3, -0.25) is 4.98 Å². The van der Waals surface area contributed by atoms with Gasteiger partial charge < -0.3 is 15.1 Å². The van der Waals surface area contributed by atoms with Crippen molar-refractivity contribution in [1.82, 2.24) is 19.8 Å². The summed E-state index contributed by atoms with van der Waals surface area (Å²) in [6.45, 7) is 7.82. The number of piperazine rings is 1. The molecule has 1 unspecified atom stereocenters. The molecular formula is C28H29FN6. The van der Waals surface area contributed by atoms with E-state index in [1.165, 1.54) is 6.07 Å². The Labute approximate surface area is 205 Å². The fourth-order valence-corrected chi connectivity index (χ4v) is 5.24. The minimum atomic E-state index is -0.258. The number of likely N-dealkylation sites (N-methyl/N-ethyl adjacent to an activating group) is 1. The third-order valence-corrected chi connectivity index (χ3v) is 7.26. The van der Waals surface area contributed by atoms with E-state index in [0.717, 1.165) is 65.6 Å². The van der Waals surface area contributed by atoms with Gasteiger partial charge in [0.15, 0.2) is 0 Å². The second-order valence-corrected chi connectivity index (χ2v) is 9.72. The minimum absolute atomic E-state index is 0.0501. The molecule has 7 rings (SSSR count). The molecule has 1 N–H and O–H groups in total. The summed E-state index contributed by atoms with van der Waals surface area (Å²) in [5.74, 6) is 1.38. The summed E-state index contributed by atoms with van der Waals surface area (Å²) < 4.78 is 15.4. The molecule has 4 bridgehead atoms. The summed E-state index contributed by atoms with van der Waals surface area (Å²) in [6, 6.07) is 9.42. The standard InChI is InChI=1S/C28H29FN6/c1-17-7-9-31-27-21-15-18(2)24(32-27)23-19(5-4-6-22(23)29)16-20-8-10-30-25(17)26(20)33-28(21)35-13-11-34(3)12-14-35/h4-10,15,17H,11-14,16H2,1-3H3,(H,31,32)/b9-7-,33-28+. The molecule has 1 aromatic carbocycles. The quantitative estimate of drug-likeness (QED) is 0.511. The predicted molar refractivity (Wildman–Crippen MR) is 138 cm³/mol. The van der Waals surface area contributed by atoms with E-state index in [4.69, 9.17) is 15.0 Å². The van der Waals surface area contributed by atoms with Crippen LogP contribution in [0.2, 0.25) is 0 Å². The van der Waals surface area contributed by atoms with E-state index in [9.17, 15) is 0 Å². The number of aryl methyl sites for hydroxylation is 1. The molecule has 0 saturated carbocycles. The Kier molecular flexibility index (Phi) is 5.37. The molecule has 3 aromatic rings. The fraction of sp³-hybridized carbons (Fsp3) is 0.321. The first-order valence-electron chi connectivity index (χ1n) is 12.2. The smallest absolute Gasteiger partial charge is 0.141 e. The number of amidine groups is 1. The first-order valence-corrected chi connectivity index (χ1v) is 12.2. The van der Waals surface area contributed by atoms with Crippen LogP contribution in [-0.4, -0.2) is 58.8 Å². The molecule has 0 radical (unpaired) electrons. The van der Waals surface area contributed by atoms with Gasteiger partial charge in [0.2, 0.25) is 0 Å². The zero-order chi connectivity index (χ0) is 24.1. The lowest BCUT2D eigenvalue weighted by Gasteiger charge is -2.35. The van der Waals surface area contributed by atoms with E-state index >= 15 is 4.39 Å². The summed E-state index contributed by atoms with van der Waals surface area (Å²) in [4.78, 5) is 19.9. The van der Waals surface area contributed by atoms with E-state index in [1.807, 2.05) is 31.5 Å². The van der Waals surface area contributed by atoms with Gasteiger partial charge in [-0.2, -0.15) is 0 Å². The molecule has 4 aliphatic rings. The molecule has 178 valence electrons. The minimum Gasteiger partial charge on any atom is -0.353 e. The van der Waals surface area contributed by atoms with Crippen LogP contribution in [0, 0.1) is 12.7 Å². The van der Waals surface area contributed by atoms with Crippen LogP contribution >= 0.6 is 0 Å². The average Bonchev–Trinajstić information content (AvgIpc) is 2.87. The van der Waals surface area contributed by atoms with Gasteiger partial charge in [-0.25, -0.2) is 14.4 Å². The Morgan fingerprint density at radius 3 is 2.74 bits per heavy atom. The summed E-state index contributed by atoms with van der Waals surface area (Å²) >= 11 is 0. The largest absolute Gasteiger partial charge is 0.353 e. The zero-order valence-corrected chi connectivity index (χ0v) is 20.3. The molecule has 0 spiro atoms. The number of aliphatic imine (C=N–C) groups is 1. The predicted octanol–water partition coefficient (Wildman–Crippen LogP) is 4.86. The Morgan fingerprint density at radius 2 is 1.91 bits per heavy atom. The molecule has 1 saturated heterocycles. The highest BCUT2D eigenvalue weighted by Gasteiger charge is 2.28. The maximum absolute atomic E-state index is 15.4. The Hall–Kier alpha value is -3.58. The molecule has 1 fully saturated rings. The van der Waals surface area contributed by atoms with Gasteiger partial charge in [-0.15, -0.1) is 0 Å². The van der Waals surface area contributed by atoms with Crippen molar-refractivity contribution in [3.63, 3.8) is 0 Å². The van der Waals surface area contributed by atoms with Gasteiger partial charge in [0.25, 0.3) is 0 Å².